The molecule has 0 spiro atoms. The molecular weight excluding hydrogens is 502 g/mol. The summed E-state index contributed by atoms with van der Waals surface area (Å²) in [7, 11) is 0. The van der Waals surface area contributed by atoms with E-state index in [4.69, 9.17) is 16.3 Å². The van der Waals surface area contributed by atoms with E-state index in [0.717, 1.165) is 22.8 Å². The van der Waals surface area contributed by atoms with Gasteiger partial charge in [0.25, 0.3) is 5.91 Å². The average Bonchev–Trinajstić information content (AvgIpc) is 3.52. The molecule has 0 fully saturated rings. The highest BCUT2D eigenvalue weighted by atomic mass is 35.5. The number of nitriles is 1. The normalized spacial score (nSPS) is 11.1. The molecule has 7 nitrogen and oxygen atoms in total. The van der Waals surface area contributed by atoms with Gasteiger partial charge < -0.3 is 9.30 Å². The molecule has 0 aliphatic heterocycles. The van der Waals surface area contributed by atoms with Gasteiger partial charge in [0.15, 0.2) is 0 Å². The molecule has 0 unspecified atom stereocenters. The number of ether oxygens (including phenoxy) is 1. The lowest BCUT2D eigenvalue weighted by Crippen LogP contribution is -2.14. The molecule has 1 N–H and O–H groups in total. The number of carbonyl (C=O) groups is 1. The summed E-state index contributed by atoms with van der Waals surface area (Å²) in [5.41, 5.74) is 1.85. The molecule has 2 aromatic heterocycles. The number of nitrogens with zero attached hydrogens (tertiary/aromatic N) is 4. The predicted octanol–water partition coefficient (Wildman–Crippen LogP) is 5.91. The fourth-order valence-corrected chi connectivity index (χ4v) is 4.68. The van der Waals surface area contributed by atoms with Crippen LogP contribution < -0.4 is 10.1 Å². The largest absolute Gasteiger partial charge is 0.492 e. The summed E-state index contributed by atoms with van der Waals surface area (Å²) in [4.78, 5) is 17.0. The molecule has 0 saturated carbocycles. The Morgan fingerprint density at radius 3 is 2.74 bits per heavy atom. The number of thioether (sulfide) groups is 1. The summed E-state index contributed by atoms with van der Waals surface area (Å²) in [6.07, 6.45) is 3.41. The van der Waals surface area contributed by atoms with Gasteiger partial charge in [-0.1, -0.05) is 53.7 Å². The smallest absolute Gasteiger partial charge is 0.268 e. The van der Waals surface area contributed by atoms with Crippen LogP contribution in [0.4, 0.5) is 5.13 Å². The van der Waals surface area contributed by atoms with Crippen molar-refractivity contribution in [2.75, 3.05) is 11.9 Å². The summed E-state index contributed by atoms with van der Waals surface area (Å²) < 4.78 is 11.9. The second-order valence-corrected chi connectivity index (χ2v) is 9.34. The van der Waals surface area contributed by atoms with Gasteiger partial charge in [0.2, 0.25) is 10.3 Å². The van der Waals surface area contributed by atoms with Gasteiger partial charge in [-0.3, -0.25) is 10.1 Å². The molecule has 0 radical (unpaired) electrons. The van der Waals surface area contributed by atoms with Crippen molar-refractivity contribution in [2.45, 2.75) is 17.5 Å². The molecule has 0 aliphatic rings. The number of amides is 1. The first-order chi connectivity index (χ1) is 17.1. The monoisotopic (exact) mass is 521 g/mol. The van der Waals surface area contributed by atoms with E-state index in [1.807, 2.05) is 59.3 Å². The van der Waals surface area contributed by atoms with Crippen LogP contribution in [-0.2, 0) is 17.1 Å². The molecule has 0 bridgehead atoms. The molecule has 4 aromatic rings. The maximum absolute atomic E-state index is 12.7. The first-order valence-corrected chi connectivity index (χ1v) is 12.7. The Kier molecular flexibility index (Phi) is 8.57. The maximum Gasteiger partial charge on any atom is 0.268 e. The van der Waals surface area contributed by atoms with Crippen molar-refractivity contribution in [3.05, 3.63) is 94.8 Å². The predicted molar refractivity (Wildman–Crippen MR) is 140 cm³/mol. The van der Waals surface area contributed by atoms with Crippen molar-refractivity contribution in [3.63, 3.8) is 0 Å². The van der Waals surface area contributed by atoms with E-state index in [1.165, 1.54) is 11.8 Å². The number of hydrogen-bond donors (Lipinski definition) is 1. The summed E-state index contributed by atoms with van der Waals surface area (Å²) in [6.45, 7) is 0.958. The molecule has 1 amide bonds. The van der Waals surface area contributed by atoms with E-state index in [0.29, 0.717) is 39.9 Å². The van der Waals surface area contributed by atoms with E-state index < -0.39 is 5.91 Å². The Balaban J connectivity index is 1.33. The molecular formula is C25H20ClN5O2S2. The van der Waals surface area contributed by atoms with E-state index in [1.54, 1.807) is 30.3 Å². The minimum Gasteiger partial charge on any atom is -0.492 e. The molecule has 2 aromatic carbocycles. The highest BCUT2D eigenvalue weighted by Crippen LogP contribution is 2.24. The quantitative estimate of drug-likeness (QED) is 0.158. The van der Waals surface area contributed by atoms with Gasteiger partial charge in [0.1, 0.15) is 24.0 Å². The maximum atomic E-state index is 12.7. The van der Waals surface area contributed by atoms with Crippen molar-refractivity contribution in [3.8, 4) is 11.8 Å². The standard InChI is InChI=1S/C25H20ClN5O2S2/c26-20-8-10-22(11-9-20)33-14-13-31-12-4-7-21(31)15-19(16-27)23(32)28-24-29-25(30-35-24)34-17-18-5-2-1-3-6-18/h1-12,15H,13-14,17H2,(H,28,29,30,32)/b19-15-. The number of benzene rings is 2. The summed E-state index contributed by atoms with van der Waals surface area (Å²) in [5.74, 6) is 0.912. The Bertz CT molecular complexity index is 1340. The van der Waals surface area contributed by atoms with E-state index in [-0.39, 0.29) is 5.57 Å². The van der Waals surface area contributed by atoms with Crippen LogP contribution in [0.2, 0.25) is 5.02 Å². The van der Waals surface area contributed by atoms with Crippen LogP contribution in [0.15, 0.2) is 83.7 Å². The fraction of sp³-hybridized carbons (Fsp3) is 0.120. The first kappa shape index (κ1) is 24.5. The third-order valence-electron chi connectivity index (χ3n) is 4.78. The second-order valence-electron chi connectivity index (χ2n) is 7.21. The first-order valence-electron chi connectivity index (χ1n) is 10.6. The molecule has 0 atom stereocenters. The summed E-state index contributed by atoms with van der Waals surface area (Å²) in [6, 6.07) is 22.8. The highest BCUT2D eigenvalue weighted by molar-refractivity contribution is 7.98. The van der Waals surface area contributed by atoms with Crippen LogP contribution in [0, 0.1) is 11.3 Å². The Labute approximate surface area is 216 Å². The summed E-state index contributed by atoms with van der Waals surface area (Å²) in [5, 5.41) is 13.8. The van der Waals surface area contributed by atoms with E-state index in [2.05, 4.69) is 14.7 Å². The molecule has 4 rings (SSSR count). The van der Waals surface area contributed by atoms with Crippen LogP contribution in [0.25, 0.3) is 6.08 Å². The lowest BCUT2D eigenvalue weighted by atomic mass is 10.2. The van der Waals surface area contributed by atoms with E-state index in [9.17, 15) is 10.1 Å². The van der Waals surface area contributed by atoms with E-state index >= 15 is 0 Å². The van der Waals surface area contributed by atoms with Crippen LogP contribution >= 0.6 is 34.9 Å². The number of carbonyl (C=O) groups excluding carboxylic acids is 1. The number of aromatic nitrogens is 3. The van der Waals surface area contributed by atoms with Crippen molar-refractivity contribution in [1.82, 2.24) is 13.9 Å². The lowest BCUT2D eigenvalue weighted by Gasteiger charge is -2.09. The molecule has 0 aliphatic carbocycles. The molecule has 2 heterocycles. The average molecular weight is 522 g/mol. The number of nitrogens with one attached hydrogen (secondary N) is 1. The molecule has 176 valence electrons. The van der Waals surface area contributed by atoms with Gasteiger partial charge in [-0.05, 0) is 48.0 Å². The third kappa shape index (κ3) is 7.20. The van der Waals surface area contributed by atoms with Crippen LogP contribution in [0.3, 0.4) is 0 Å². The third-order valence-corrected chi connectivity index (χ3v) is 6.69. The number of hydrogen-bond acceptors (Lipinski definition) is 7. The number of halogens is 1. The van der Waals surface area contributed by atoms with Crippen LogP contribution in [0.1, 0.15) is 11.3 Å². The minimum atomic E-state index is -0.534. The van der Waals surface area contributed by atoms with Gasteiger partial charge in [-0.25, -0.2) is 0 Å². The fourth-order valence-electron chi connectivity index (χ4n) is 3.06. The zero-order valence-corrected chi connectivity index (χ0v) is 20.8. The Hall–Kier alpha value is -3.58. The number of anilines is 1. The van der Waals surface area contributed by atoms with Gasteiger partial charge in [0, 0.05) is 34.2 Å². The lowest BCUT2D eigenvalue weighted by molar-refractivity contribution is -0.112. The van der Waals surface area contributed by atoms with Gasteiger partial charge in [-0.15, -0.1) is 0 Å². The van der Waals surface area contributed by atoms with Gasteiger partial charge in [-0.2, -0.15) is 14.6 Å². The molecule has 35 heavy (non-hydrogen) atoms. The zero-order chi connectivity index (χ0) is 24.5. The SMILES string of the molecule is N#C/C(=C/c1cccn1CCOc1ccc(Cl)cc1)C(=O)Nc1nc(SCc2ccccc2)ns1. The zero-order valence-electron chi connectivity index (χ0n) is 18.4. The molecule has 0 saturated heterocycles. The Morgan fingerprint density at radius 1 is 1.17 bits per heavy atom. The van der Waals surface area contributed by atoms with Crippen molar-refractivity contribution >= 4 is 52.0 Å². The topological polar surface area (TPSA) is 92.8 Å². The Morgan fingerprint density at radius 2 is 1.97 bits per heavy atom. The van der Waals surface area contributed by atoms with Crippen molar-refractivity contribution < 1.29 is 9.53 Å². The van der Waals surface area contributed by atoms with Gasteiger partial charge in [0.05, 0.1) is 6.54 Å². The summed E-state index contributed by atoms with van der Waals surface area (Å²) >= 11 is 8.46. The minimum absolute atomic E-state index is 0.0303. The van der Waals surface area contributed by atoms with Crippen LogP contribution in [0.5, 0.6) is 5.75 Å². The van der Waals surface area contributed by atoms with Crippen molar-refractivity contribution in [1.29, 1.82) is 5.26 Å². The highest BCUT2D eigenvalue weighted by Gasteiger charge is 2.14. The second kappa shape index (κ2) is 12.2. The van der Waals surface area contributed by atoms with Gasteiger partial charge >= 0.3 is 0 Å². The van der Waals surface area contributed by atoms with Crippen LogP contribution in [-0.4, -0.2) is 26.4 Å². The molecule has 10 heteroatoms. The number of rotatable bonds is 10. The van der Waals surface area contributed by atoms with Crippen molar-refractivity contribution in [2.24, 2.45) is 0 Å².